The Morgan fingerprint density at radius 1 is 1.33 bits per heavy atom. The van der Waals surface area contributed by atoms with E-state index in [-0.39, 0.29) is 24.5 Å². The summed E-state index contributed by atoms with van der Waals surface area (Å²) in [6.45, 7) is 0.182. The zero-order valence-electron chi connectivity index (χ0n) is 10.5. The van der Waals surface area contributed by atoms with Crippen LogP contribution < -0.4 is 16.2 Å². The topological polar surface area (TPSA) is 98.7 Å². The van der Waals surface area contributed by atoms with Gasteiger partial charge in [0.25, 0.3) is 5.91 Å². The maximum Gasteiger partial charge on any atom is 0.252 e. The van der Waals surface area contributed by atoms with E-state index in [9.17, 15) is 9.59 Å². The van der Waals surface area contributed by atoms with Crippen molar-refractivity contribution in [3.05, 3.63) is 23.8 Å². The van der Waals surface area contributed by atoms with E-state index in [2.05, 4.69) is 0 Å². The molecular weight excluding hydrogens is 234 g/mol. The average Bonchev–Trinajstić information content (AvgIpc) is 2.30. The van der Waals surface area contributed by atoms with Gasteiger partial charge in [-0.25, -0.2) is 0 Å². The molecule has 1 aromatic rings. The van der Waals surface area contributed by atoms with Gasteiger partial charge in [0.05, 0.1) is 18.6 Å². The summed E-state index contributed by atoms with van der Waals surface area (Å²) in [5, 5.41) is 0. The Morgan fingerprint density at radius 3 is 2.56 bits per heavy atom. The Kier molecular flexibility index (Phi) is 4.53. The first kappa shape index (κ1) is 13.8. The molecule has 18 heavy (non-hydrogen) atoms. The van der Waals surface area contributed by atoms with Gasteiger partial charge < -0.3 is 21.1 Å². The second kappa shape index (κ2) is 5.90. The van der Waals surface area contributed by atoms with Crippen LogP contribution in [0.4, 0.5) is 5.69 Å². The summed E-state index contributed by atoms with van der Waals surface area (Å²) in [5.74, 6) is -0.328. The molecule has 0 aromatic heterocycles. The molecule has 0 spiro atoms. The van der Waals surface area contributed by atoms with Crippen LogP contribution in [0.15, 0.2) is 18.2 Å². The van der Waals surface area contributed by atoms with Crippen molar-refractivity contribution in [1.82, 2.24) is 4.90 Å². The van der Waals surface area contributed by atoms with E-state index in [0.29, 0.717) is 11.4 Å². The largest absolute Gasteiger partial charge is 0.492 e. The molecule has 0 aliphatic heterocycles. The van der Waals surface area contributed by atoms with Crippen molar-refractivity contribution < 1.29 is 14.3 Å². The number of primary amides is 1. The molecule has 0 fully saturated rings. The maximum atomic E-state index is 11.3. The van der Waals surface area contributed by atoms with E-state index in [0.717, 1.165) is 0 Å². The Hall–Kier alpha value is -2.24. The van der Waals surface area contributed by atoms with Crippen LogP contribution in [-0.2, 0) is 4.79 Å². The van der Waals surface area contributed by atoms with Crippen molar-refractivity contribution in [1.29, 1.82) is 0 Å². The van der Waals surface area contributed by atoms with Crippen LogP contribution in [0, 0.1) is 0 Å². The summed E-state index contributed by atoms with van der Waals surface area (Å²) in [6, 6.07) is 4.62. The smallest absolute Gasteiger partial charge is 0.252 e. The van der Waals surface area contributed by atoms with Crippen LogP contribution in [0.3, 0.4) is 0 Å². The van der Waals surface area contributed by atoms with E-state index >= 15 is 0 Å². The first-order chi connectivity index (χ1) is 8.41. The minimum Gasteiger partial charge on any atom is -0.492 e. The van der Waals surface area contributed by atoms with E-state index in [1.165, 1.54) is 11.0 Å². The van der Waals surface area contributed by atoms with Crippen LogP contribution in [0.25, 0.3) is 0 Å². The Morgan fingerprint density at radius 2 is 2.00 bits per heavy atom. The number of nitrogens with zero attached hydrogens (tertiary/aromatic N) is 1. The highest BCUT2D eigenvalue weighted by atomic mass is 16.5. The van der Waals surface area contributed by atoms with Crippen LogP contribution >= 0.6 is 0 Å². The van der Waals surface area contributed by atoms with Gasteiger partial charge in [-0.1, -0.05) is 0 Å². The Bertz CT molecular complexity index is 458. The minimum atomic E-state index is -0.615. The fourth-order valence-corrected chi connectivity index (χ4v) is 1.34. The van der Waals surface area contributed by atoms with Crippen molar-refractivity contribution in [2.24, 2.45) is 5.73 Å². The van der Waals surface area contributed by atoms with E-state index in [1.54, 1.807) is 26.2 Å². The van der Waals surface area contributed by atoms with Crippen LogP contribution in [-0.4, -0.2) is 37.4 Å². The lowest BCUT2D eigenvalue weighted by Crippen LogP contribution is -2.23. The molecule has 4 N–H and O–H groups in total. The fraction of sp³-hybridized carbons (Fsp3) is 0.333. The van der Waals surface area contributed by atoms with Crippen LogP contribution in [0.2, 0.25) is 0 Å². The highest BCUT2D eigenvalue weighted by Gasteiger charge is 2.11. The molecule has 0 unspecified atom stereocenters. The lowest BCUT2D eigenvalue weighted by atomic mass is 10.1. The lowest BCUT2D eigenvalue weighted by molar-refractivity contribution is -0.129. The molecule has 6 nitrogen and oxygen atoms in total. The first-order valence-corrected chi connectivity index (χ1v) is 5.44. The standard InChI is InChI=1S/C12H17N3O3/c1-15(2)11(16)5-6-18-10-4-3-8(13)7-9(10)12(14)17/h3-4,7H,5-6,13H2,1-2H3,(H2,14,17). The van der Waals surface area contributed by atoms with Gasteiger partial charge in [-0.2, -0.15) is 0 Å². The number of amides is 2. The number of hydrogen-bond donors (Lipinski definition) is 2. The third-order valence-corrected chi connectivity index (χ3v) is 2.34. The van der Waals surface area contributed by atoms with Crippen molar-refractivity contribution in [2.45, 2.75) is 6.42 Å². The predicted molar refractivity (Wildman–Crippen MR) is 68.2 cm³/mol. The SMILES string of the molecule is CN(C)C(=O)CCOc1ccc(N)cc1C(N)=O. The Labute approximate surface area is 105 Å². The number of hydrogen-bond acceptors (Lipinski definition) is 4. The molecule has 0 heterocycles. The molecular formula is C12H17N3O3. The molecule has 1 rings (SSSR count). The van der Waals surface area contributed by atoms with Gasteiger partial charge in [0.1, 0.15) is 5.75 Å². The molecule has 0 atom stereocenters. The second-order valence-corrected chi connectivity index (χ2v) is 4.01. The number of rotatable bonds is 5. The minimum absolute atomic E-state index is 0.0499. The van der Waals surface area contributed by atoms with Gasteiger partial charge in [-0.3, -0.25) is 9.59 Å². The zero-order valence-corrected chi connectivity index (χ0v) is 10.5. The molecule has 0 aliphatic carbocycles. The lowest BCUT2D eigenvalue weighted by Gasteiger charge is -2.12. The van der Waals surface area contributed by atoms with Crippen molar-refractivity contribution in [3.8, 4) is 5.75 Å². The van der Waals surface area contributed by atoms with E-state index in [1.807, 2.05) is 0 Å². The molecule has 0 saturated heterocycles. The molecule has 0 bridgehead atoms. The summed E-state index contributed by atoms with van der Waals surface area (Å²) in [5.41, 5.74) is 11.4. The third-order valence-electron chi connectivity index (χ3n) is 2.34. The molecule has 2 amide bonds. The fourth-order valence-electron chi connectivity index (χ4n) is 1.34. The molecule has 0 aliphatic rings. The summed E-state index contributed by atoms with van der Waals surface area (Å²) in [4.78, 5) is 24.0. The monoisotopic (exact) mass is 251 g/mol. The normalized spacial score (nSPS) is 9.89. The van der Waals surface area contributed by atoms with Gasteiger partial charge >= 0.3 is 0 Å². The van der Waals surface area contributed by atoms with E-state index < -0.39 is 5.91 Å². The van der Waals surface area contributed by atoms with Gasteiger partial charge in [-0.15, -0.1) is 0 Å². The number of carbonyl (C=O) groups excluding carboxylic acids is 2. The second-order valence-electron chi connectivity index (χ2n) is 4.01. The third kappa shape index (κ3) is 3.65. The van der Waals surface area contributed by atoms with Gasteiger partial charge in [0.15, 0.2) is 0 Å². The highest BCUT2D eigenvalue weighted by molar-refractivity contribution is 5.96. The zero-order chi connectivity index (χ0) is 13.7. The molecule has 0 radical (unpaired) electrons. The summed E-state index contributed by atoms with van der Waals surface area (Å²) < 4.78 is 5.37. The number of ether oxygens (including phenoxy) is 1. The number of carbonyl (C=O) groups is 2. The Balaban J connectivity index is 2.68. The predicted octanol–water partition coefficient (Wildman–Crippen LogP) is 0.225. The quantitative estimate of drug-likeness (QED) is 0.731. The van der Waals surface area contributed by atoms with Crippen molar-refractivity contribution in [3.63, 3.8) is 0 Å². The molecule has 1 aromatic carbocycles. The van der Waals surface area contributed by atoms with Gasteiger partial charge in [-0.05, 0) is 18.2 Å². The summed E-state index contributed by atoms with van der Waals surface area (Å²) in [6.07, 6.45) is 0.232. The number of nitrogens with two attached hydrogens (primary N) is 2. The highest BCUT2D eigenvalue weighted by Crippen LogP contribution is 2.21. The van der Waals surface area contributed by atoms with Gasteiger partial charge in [0.2, 0.25) is 5.91 Å². The van der Waals surface area contributed by atoms with Crippen LogP contribution in [0.1, 0.15) is 16.8 Å². The molecule has 0 saturated carbocycles. The first-order valence-electron chi connectivity index (χ1n) is 5.44. The van der Waals surface area contributed by atoms with Crippen molar-refractivity contribution >= 4 is 17.5 Å². The molecule has 98 valence electrons. The number of nitrogen functional groups attached to an aromatic ring is 1. The van der Waals surface area contributed by atoms with Crippen molar-refractivity contribution in [2.75, 3.05) is 26.4 Å². The maximum absolute atomic E-state index is 11.3. The molecule has 6 heteroatoms. The average molecular weight is 251 g/mol. The van der Waals surface area contributed by atoms with Gasteiger partial charge in [0, 0.05) is 19.8 Å². The number of anilines is 1. The summed E-state index contributed by atoms with van der Waals surface area (Å²) >= 11 is 0. The number of benzene rings is 1. The van der Waals surface area contributed by atoms with Crippen LogP contribution in [0.5, 0.6) is 5.75 Å². The summed E-state index contributed by atoms with van der Waals surface area (Å²) in [7, 11) is 3.33. The van der Waals surface area contributed by atoms with E-state index in [4.69, 9.17) is 16.2 Å².